The number of hydrogen-bond acceptors (Lipinski definition) is 4. The van der Waals surface area contributed by atoms with Crippen molar-refractivity contribution in [2.75, 3.05) is 12.3 Å². The lowest BCUT2D eigenvalue weighted by atomic mass is 10.3. The van der Waals surface area contributed by atoms with Crippen molar-refractivity contribution in [3.05, 3.63) is 24.4 Å². The van der Waals surface area contributed by atoms with Gasteiger partial charge >= 0.3 is 0 Å². The van der Waals surface area contributed by atoms with Crippen LogP contribution in [-0.2, 0) is 4.79 Å². The third-order valence-electron chi connectivity index (χ3n) is 2.05. The Morgan fingerprint density at radius 3 is 3.06 bits per heavy atom. The Kier molecular flexibility index (Phi) is 7.92. The average Bonchev–Trinajstić information content (AvgIpc) is 2.36. The van der Waals surface area contributed by atoms with Crippen LogP contribution in [0.5, 0.6) is 0 Å². The van der Waals surface area contributed by atoms with Gasteiger partial charge in [0, 0.05) is 24.9 Å². The molecule has 0 fully saturated rings. The van der Waals surface area contributed by atoms with Crippen LogP contribution < -0.4 is 5.32 Å². The molecule has 0 saturated heterocycles. The zero-order chi connectivity index (χ0) is 12.3. The highest BCUT2D eigenvalue weighted by molar-refractivity contribution is 8.76. The van der Waals surface area contributed by atoms with Crippen molar-refractivity contribution in [3.63, 3.8) is 0 Å². The van der Waals surface area contributed by atoms with Crippen molar-refractivity contribution in [1.82, 2.24) is 10.3 Å². The molecule has 17 heavy (non-hydrogen) atoms. The molecule has 94 valence electrons. The maximum absolute atomic E-state index is 11.4. The summed E-state index contributed by atoms with van der Waals surface area (Å²) in [7, 11) is 3.28. The minimum Gasteiger partial charge on any atom is -0.356 e. The summed E-state index contributed by atoms with van der Waals surface area (Å²) in [6, 6.07) is 5.84. The maximum Gasteiger partial charge on any atom is 0.220 e. The van der Waals surface area contributed by atoms with Gasteiger partial charge in [-0.05, 0) is 29.3 Å². The second kappa shape index (κ2) is 9.36. The van der Waals surface area contributed by atoms with Crippen LogP contribution in [0.2, 0.25) is 0 Å². The summed E-state index contributed by atoms with van der Waals surface area (Å²) in [6.07, 6.45) is 4.53. The molecule has 0 bridgehead atoms. The molecule has 1 heterocycles. The van der Waals surface area contributed by atoms with Crippen molar-refractivity contribution >= 4 is 27.5 Å². The summed E-state index contributed by atoms with van der Waals surface area (Å²) < 4.78 is 0. The molecule has 0 unspecified atom stereocenters. The Labute approximate surface area is 111 Å². The molecule has 0 radical (unpaired) electrons. The minimum absolute atomic E-state index is 0.146. The van der Waals surface area contributed by atoms with Crippen LogP contribution >= 0.6 is 21.6 Å². The van der Waals surface area contributed by atoms with E-state index in [0.29, 0.717) is 6.42 Å². The van der Waals surface area contributed by atoms with Crippen LogP contribution in [0.4, 0.5) is 0 Å². The Morgan fingerprint density at radius 1 is 1.47 bits per heavy atom. The number of pyridine rings is 1. The van der Waals surface area contributed by atoms with Crippen LogP contribution in [-0.4, -0.2) is 23.2 Å². The molecular weight excluding hydrogens is 252 g/mol. The molecule has 1 aromatic heterocycles. The van der Waals surface area contributed by atoms with Gasteiger partial charge in [0.15, 0.2) is 0 Å². The van der Waals surface area contributed by atoms with Gasteiger partial charge in [0.1, 0.15) is 5.03 Å². The van der Waals surface area contributed by atoms with E-state index in [1.54, 1.807) is 27.8 Å². The molecular formula is C12H18N2OS2. The van der Waals surface area contributed by atoms with Gasteiger partial charge in [-0.15, -0.1) is 0 Å². The predicted molar refractivity (Wildman–Crippen MR) is 75.1 cm³/mol. The van der Waals surface area contributed by atoms with Gasteiger partial charge in [-0.2, -0.15) is 0 Å². The van der Waals surface area contributed by atoms with Gasteiger partial charge in [0.25, 0.3) is 0 Å². The average molecular weight is 270 g/mol. The zero-order valence-corrected chi connectivity index (χ0v) is 11.6. The summed E-state index contributed by atoms with van der Waals surface area (Å²) in [6.45, 7) is 2.92. The fourth-order valence-corrected chi connectivity index (χ4v) is 2.99. The molecule has 1 amide bonds. The van der Waals surface area contributed by atoms with Gasteiger partial charge in [-0.1, -0.05) is 30.2 Å². The Morgan fingerprint density at radius 2 is 2.35 bits per heavy atom. The Bertz CT molecular complexity index is 320. The SMILES string of the molecule is CCCCNC(=O)CCSSc1ccccn1. The molecule has 1 N–H and O–H groups in total. The summed E-state index contributed by atoms with van der Waals surface area (Å²) in [5.41, 5.74) is 0. The van der Waals surface area contributed by atoms with Crippen molar-refractivity contribution in [3.8, 4) is 0 Å². The Hall–Kier alpha value is -0.680. The number of rotatable bonds is 8. The van der Waals surface area contributed by atoms with Crippen LogP contribution in [0.25, 0.3) is 0 Å². The smallest absolute Gasteiger partial charge is 0.220 e. The second-order valence-corrected chi connectivity index (χ2v) is 5.96. The summed E-state index contributed by atoms with van der Waals surface area (Å²) in [4.78, 5) is 15.6. The van der Waals surface area contributed by atoms with E-state index in [9.17, 15) is 4.79 Å². The van der Waals surface area contributed by atoms with E-state index in [4.69, 9.17) is 0 Å². The van der Waals surface area contributed by atoms with Crippen molar-refractivity contribution < 1.29 is 4.79 Å². The van der Waals surface area contributed by atoms with Crippen LogP contribution in [0.1, 0.15) is 26.2 Å². The zero-order valence-electron chi connectivity index (χ0n) is 10.0. The molecule has 0 spiro atoms. The van der Waals surface area contributed by atoms with E-state index in [1.807, 2.05) is 18.2 Å². The van der Waals surface area contributed by atoms with E-state index in [1.165, 1.54) is 0 Å². The van der Waals surface area contributed by atoms with Gasteiger partial charge in [-0.3, -0.25) is 4.79 Å². The number of aromatic nitrogens is 1. The molecule has 3 nitrogen and oxygen atoms in total. The predicted octanol–water partition coefficient (Wildman–Crippen LogP) is 3.13. The number of nitrogens with zero attached hydrogens (tertiary/aromatic N) is 1. The van der Waals surface area contributed by atoms with E-state index in [2.05, 4.69) is 17.2 Å². The van der Waals surface area contributed by atoms with Gasteiger partial charge < -0.3 is 5.32 Å². The quantitative estimate of drug-likeness (QED) is 0.582. The van der Waals surface area contributed by atoms with Gasteiger partial charge in [0.2, 0.25) is 5.91 Å². The van der Waals surface area contributed by atoms with Crippen LogP contribution in [0.15, 0.2) is 29.4 Å². The first-order chi connectivity index (χ1) is 8.33. The van der Waals surface area contributed by atoms with Gasteiger partial charge in [-0.25, -0.2) is 4.98 Å². The normalized spacial score (nSPS) is 10.2. The molecule has 0 aliphatic heterocycles. The minimum atomic E-state index is 0.146. The van der Waals surface area contributed by atoms with E-state index < -0.39 is 0 Å². The van der Waals surface area contributed by atoms with Crippen LogP contribution in [0.3, 0.4) is 0 Å². The lowest BCUT2D eigenvalue weighted by Gasteiger charge is -2.03. The maximum atomic E-state index is 11.4. The fourth-order valence-electron chi connectivity index (χ4n) is 1.13. The molecule has 0 aliphatic carbocycles. The first-order valence-corrected chi connectivity index (χ1v) is 8.12. The molecule has 0 aliphatic rings. The molecule has 5 heteroatoms. The summed E-state index contributed by atoms with van der Waals surface area (Å²) in [5.74, 6) is 0.965. The Balaban J connectivity index is 2.02. The molecule has 0 aromatic carbocycles. The standard InChI is InChI=1S/C12H18N2OS2/c1-2-3-8-13-11(15)7-10-16-17-12-6-4-5-9-14-12/h4-6,9H,2-3,7-8,10H2,1H3,(H,13,15). The van der Waals surface area contributed by atoms with E-state index in [-0.39, 0.29) is 5.91 Å². The number of carbonyl (C=O) groups excluding carboxylic acids is 1. The van der Waals surface area contributed by atoms with Crippen molar-refractivity contribution in [2.24, 2.45) is 0 Å². The second-order valence-electron chi connectivity index (χ2n) is 3.53. The van der Waals surface area contributed by atoms with Gasteiger partial charge in [0.05, 0.1) is 0 Å². The molecule has 1 rings (SSSR count). The first kappa shape index (κ1) is 14.4. The number of carbonyl (C=O) groups is 1. The molecule has 0 saturated carbocycles. The molecule has 0 atom stereocenters. The summed E-state index contributed by atoms with van der Waals surface area (Å²) in [5, 5.41) is 3.89. The monoisotopic (exact) mass is 270 g/mol. The number of unbranched alkanes of at least 4 members (excludes halogenated alkanes) is 1. The fraction of sp³-hybridized carbons (Fsp3) is 0.500. The number of amides is 1. The molecule has 1 aromatic rings. The number of nitrogens with one attached hydrogen (secondary N) is 1. The third kappa shape index (κ3) is 7.28. The van der Waals surface area contributed by atoms with Crippen molar-refractivity contribution in [2.45, 2.75) is 31.2 Å². The summed E-state index contributed by atoms with van der Waals surface area (Å²) >= 11 is 0. The topological polar surface area (TPSA) is 42.0 Å². The highest BCUT2D eigenvalue weighted by Gasteiger charge is 2.01. The lowest BCUT2D eigenvalue weighted by molar-refractivity contribution is -0.120. The highest BCUT2D eigenvalue weighted by atomic mass is 33.1. The lowest BCUT2D eigenvalue weighted by Crippen LogP contribution is -2.24. The highest BCUT2D eigenvalue weighted by Crippen LogP contribution is 2.29. The third-order valence-corrected chi connectivity index (χ3v) is 4.31. The first-order valence-electron chi connectivity index (χ1n) is 5.80. The van der Waals surface area contributed by atoms with E-state index >= 15 is 0 Å². The number of hydrogen-bond donors (Lipinski definition) is 1. The van der Waals surface area contributed by atoms with Crippen molar-refractivity contribution in [1.29, 1.82) is 0 Å². The van der Waals surface area contributed by atoms with E-state index in [0.717, 1.165) is 30.2 Å². The van der Waals surface area contributed by atoms with Crippen LogP contribution in [0, 0.1) is 0 Å². The largest absolute Gasteiger partial charge is 0.356 e.